The number of anilines is 1. The van der Waals surface area contributed by atoms with Gasteiger partial charge in [-0.3, -0.25) is 14.9 Å². The van der Waals surface area contributed by atoms with Crippen molar-refractivity contribution in [1.29, 1.82) is 0 Å². The molecule has 0 aliphatic heterocycles. The number of aromatic nitrogens is 2. The average molecular weight is 441 g/mol. The fourth-order valence-electron chi connectivity index (χ4n) is 2.87. The minimum absolute atomic E-state index is 0.161. The summed E-state index contributed by atoms with van der Waals surface area (Å²) in [5.41, 5.74) is 1.63. The Morgan fingerprint density at radius 3 is 2.29 bits per heavy atom. The summed E-state index contributed by atoms with van der Waals surface area (Å²) in [6, 6.07) is 12.5. The molecule has 0 fully saturated rings. The molecule has 160 valence electrons. The Hall–Kier alpha value is -3.73. The van der Waals surface area contributed by atoms with Gasteiger partial charge >= 0.3 is 5.82 Å². The van der Waals surface area contributed by atoms with Crippen molar-refractivity contribution in [2.45, 2.75) is 36.6 Å². The lowest BCUT2D eigenvalue weighted by molar-refractivity contribution is -0.389. The van der Waals surface area contributed by atoms with Crippen LogP contribution in [0.25, 0.3) is 0 Å². The molecule has 1 atom stereocenters. The van der Waals surface area contributed by atoms with Crippen LogP contribution < -0.4 is 5.32 Å². The van der Waals surface area contributed by atoms with E-state index in [-0.39, 0.29) is 17.2 Å². The van der Waals surface area contributed by atoms with E-state index in [0.717, 1.165) is 10.5 Å². The van der Waals surface area contributed by atoms with Crippen molar-refractivity contribution < 1.29 is 14.6 Å². The molecule has 0 saturated carbocycles. The molecule has 0 spiro atoms. The van der Waals surface area contributed by atoms with Gasteiger partial charge in [-0.1, -0.05) is 29.5 Å². The van der Waals surface area contributed by atoms with Crippen molar-refractivity contribution in [2.75, 3.05) is 5.32 Å². The second-order valence-corrected chi connectivity index (χ2v) is 8.05. The highest BCUT2D eigenvalue weighted by atomic mass is 32.2. The smallest absolute Gasteiger partial charge is 0.358 e. The zero-order chi connectivity index (χ0) is 22.7. The first kappa shape index (κ1) is 22.0. The Balaban J connectivity index is 1.85. The highest BCUT2D eigenvalue weighted by Crippen LogP contribution is 2.33. The van der Waals surface area contributed by atoms with E-state index in [4.69, 9.17) is 0 Å². The maximum atomic E-state index is 12.7. The molecule has 1 heterocycles. The monoisotopic (exact) mass is 441 g/mol. The maximum absolute atomic E-state index is 12.7. The van der Waals surface area contributed by atoms with Crippen LogP contribution in [-0.2, 0) is 4.79 Å². The lowest BCUT2D eigenvalue weighted by Crippen LogP contribution is -2.25. The van der Waals surface area contributed by atoms with Crippen molar-refractivity contribution >= 4 is 34.9 Å². The van der Waals surface area contributed by atoms with E-state index in [9.17, 15) is 25.0 Å². The van der Waals surface area contributed by atoms with Crippen molar-refractivity contribution in [3.8, 4) is 0 Å². The van der Waals surface area contributed by atoms with Gasteiger partial charge in [-0.25, -0.2) is 0 Å². The highest BCUT2D eigenvalue weighted by molar-refractivity contribution is 7.99. The van der Waals surface area contributed by atoms with E-state index in [0.29, 0.717) is 10.6 Å². The van der Waals surface area contributed by atoms with Crippen molar-refractivity contribution in [3.05, 3.63) is 80.0 Å². The molecule has 1 N–H and O–H groups in total. The molecule has 31 heavy (non-hydrogen) atoms. The van der Waals surface area contributed by atoms with E-state index in [1.807, 2.05) is 31.2 Å². The molecule has 1 unspecified atom stereocenters. The third kappa shape index (κ3) is 5.25. The van der Waals surface area contributed by atoms with Crippen molar-refractivity contribution in [1.82, 2.24) is 9.78 Å². The lowest BCUT2D eigenvalue weighted by atomic mass is 10.2. The average Bonchev–Trinajstić information content (AvgIpc) is 3.11. The minimum Gasteiger partial charge on any atom is -0.358 e. The number of rotatable bonds is 7. The summed E-state index contributed by atoms with van der Waals surface area (Å²) in [6.07, 6.45) is 0. The quantitative estimate of drug-likeness (QED) is 0.416. The van der Waals surface area contributed by atoms with Gasteiger partial charge in [0.05, 0.1) is 21.8 Å². The number of amides is 1. The van der Waals surface area contributed by atoms with Gasteiger partial charge in [0, 0.05) is 27.6 Å². The summed E-state index contributed by atoms with van der Waals surface area (Å²) < 4.78 is 1.24. The number of aryl methyl sites for hydroxylation is 2. The second kappa shape index (κ2) is 8.96. The molecule has 0 saturated heterocycles. The first-order valence-corrected chi connectivity index (χ1v) is 10.0. The molecular weight excluding hydrogens is 422 g/mol. The molecule has 0 aliphatic carbocycles. The van der Waals surface area contributed by atoms with Crippen molar-refractivity contribution in [3.63, 3.8) is 0 Å². The number of nitrogens with zero attached hydrogens (tertiary/aromatic N) is 4. The third-order valence-corrected chi connectivity index (χ3v) is 5.45. The number of nitro groups is 2. The molecule has 10 nitrogen and oxygen atoms in total. The number of benzene rings is 2. The van der Waals surface area contributed by atoms with Crippen LogP contribution in [0.3, 0.4) is 0 Å². The SMILES string of the molecule is Cc1ccc(Sc2cc(NC(=O)C(C)n3nc([N+](=O)[O-])cc3C)cc([N+](=O)[O-])c2)cc1. The zero-order valence-corrected chi connectivity index (χ0v) is 17.8. The molecule has 0 radical (unpaired) electrons. The van der Waals surface area contributed by atoms with Gasteiger partial charge in [0.2, 0.25) is 0 Å². The van der Waals surface area contributed by atoms with Gasteiger partial charge in [-0.2, -0.15) is 4.68 Å². The van der Waals surface area contributed by atoms with Crippen LogP contribution in [0, 0.1) is 34.1 Å². The molecule has 1 aromatic heterocycles. The van der Waals surface area contributed by atoms with E-state index in [2.05, 4.69) is 10.4 Å². The summed E-state index contributed by atoms with van der Waals surface area (Å²) in [6.45, 7) is 5.11. The number of hydrogen-bond donors (Lipinski definition) is 1. The second-order valence-electron chi connectivity index (χ2n) is 6.90. The van der Waals surface area contributed by atoms with Gasteiger partial charge in [0.15, 0.2) is 0 Å². The molecule has 0 aliphatic rings. The summed E-state index contributed by atoms with van der Waals surface area (Å²) in [7, 11) is 0. The Kier molecular flexibility index (Phi) is 6.35. The van der Waals surface area contributed by atoms with E-state index in [1.165, 1.54) is 34.6 Å². The molecular formula is C20H19N5O5S. The number of hydrogen-bond acceptors (Lipinski definition) is 7. The third-order valence-electron chi connectivity index (χ3n) is 4.47. The number of carbonyl (C=O) groups excluding carboxylic acids is 1. The Morgan fingerprint density at radius 1 is 1.03 bits per heavy atom. The van der Waals surface area contributed by atoms with Crippen molar-refractivity contribution in [2.24, 2.45) is 0 Å². The van der Waals surface area contributed by atoms with Crippen LogP contribution in [0.15, 0.2) is 58.3 Å². The van der Waals surface area contributed by atoms with Crippen LogP contribution in [0.2, 0.25) is 0 Å². The molecule has 3 rings (SSSR count). The van der Waals surface area contributed by atoms with Crippen LogP contribution in [0.5, 0.6) is 0 Å². The predicted molar refractivity (Wildman–Crippen MR) is 115 cm³/mol. The van der Waals surface area contributed by atoms with Gasteiger partial charge in [-0.15, -0.1) is 0 Å². The zero-order valence-electron chi connectivity index (χ0n) is 16.9. The number of nitrogens with one attached hydrogen (secondary N) is 1. The Morgan fingerprint density at radius 2 is 1.71 bits per heavy atom. The van der Waals surface area contributed by atoms with E-state index >= 15 is 0 Å². The molecule has 3 aromatic rings. The first-order chi connectivity index (χ1) is 14.6. The maximum Gasteiger partial charge on any atom is 0.390 e. The van der Waals surface area contributed by atoms with Gasteiger partial charge in [-0.05, 0) is 43.9 Å². The molecule has 1 amide bonds. The summed E-state index contributed by atoms with van der Waals surface area (Å²) in [5.74, 6) is -0.864. The van der Waals surface area contributed by atoms with Gasteiger partial charge in [0.1, 0.15) is 6.04 Å². The Labute approximate surface area is 181 Å². The summed E-state index contributed by atoms with van der Waals surface area (Å²) >= 11 is 1.33. The number of non-ortho nitro benzene ring substituents is 1. The molecule has 11 heteroatoms. The largest absolute Gasteiger partial charge is 0.390 e. The normalized spacial score (nSPS) is 11.7. The van der Waals surface area contributed by atoms with Crippen LogP contribution >= 0.6 is 11.8 Å². The van der Waals surface area contributed by atoms with Gasteiger partial charge in [0.25, 0.3) is 11.6 Å². The van der Waals surface area contributed by atoms with E-state index < -0.39 is 21.8 Å². The van der Waals surface area contributed by atoms with Gasteiger partial charge < -0.3 is 15.4 Å². The first-order valence-electron chi connectivity index (χ1n) is 9.19. The summed E-state index contributed by atoms with van der Waals surface area (Å²) in [4.78, 5) is 35.3. The van der Waals surface area contributed by atoms with Crippen LogP contribution in [0.1, 0.15) is 24.2 Å². The Bertz CT molecular complexity index is 1160. The summed E-state index contributed by atoms with van der Waals surface area (Å²) in [5, 5.41) is 28.8. The highest BCUT2D eigenvalue weighted by Gasteiger charge is 2.25. The number of nitro benzene ring substituents is 1. The van der Waals surface area contributed by atoms with Crippen LogP contribution in [-0.4, -0.2) is 25.5 Å². The fourth-order valence-corrected chi connectivity index (χ4v) is 3.78. The molecule has 0 bridgehead atoms. The lowest BCUT2D eigenvalue weighted by Gasteiger charge is -2.12. The van der Waals surface area contributed by atoms with Crippen LogP contribution in [0.4, 0.5) is 17.2 Å². The standard InChI is InChI=1S/C20H19N5O5S/c1-12-4-6-17(7-5-12)31-18-10-15(9-16(11-18)24(27)28)21-20(26)14(3)23-13(2)8-19(22-23)25(29)30/h4-11,14H,1-3H3,(H,21,26). The van der Waals surface area contributed by atoms with E-state index in [1.54, 1.807) is 19.9 Å². The number of carbonyl (C=O) groups is 1. The fraction of sp³-hybridized carbons (Fsp3) is 0.200. The molecule has 2 aromatic carbocycles. The predicted octanol–water partition coefficient (Wildman–Crippen LogP) is 4.67. The minimum atomic E-state index is -0.860. The topological polar surface area (TPSA) is 133 Å².